The number of carbonyl (C=O) groups excluding carboxylic acids is 1. The van der Waals surface area contributed by atoms with Gasteiger partial charge in [-0.3, -0.25) is 4.79 Å². The number of anilines is 1. The fraction of sp³-hybridized carbons (Fsp3) is 0.111. The Balaban J connectivity index is 1.87. The summed E-state index contributed by atoms with van der Waals surface area (Å²) in [4.78, 5) is 12.6. The van der Waals surface area contributed by atoms with E-state index in [1.807, 2.05) is 44.2 Å². The van der Waals surface area contributed by atoms with Gasteiger partial charge in [0, 0.05) is 15.2 Å². The van der Waals surface area contributed by atoms with Gasteiger partial charge in [-0.2, -0.15) is 5.10 Å². The van der Waals surface area contributed by atoms with Gasteiger partial charge >= 0.3 is 0 Å². The van der Waals surface area contributed by atoms with Crippen molar-refractivity contribution in [2.75, 3.05) is 5.32 Å². The Hall–Kier alpha value is -2.11. The van der Waals surface area contributed by atoms with Crippen LogP contribution >= 0.6 is 27.5 Å². The van der Waals surface area contributed by atoms with Crippen molar-refractivity contribution in [2.45, 2.75) is 13.8 Å². The maximum Gasteiger partial charge on any atom is 0.259 e. The molecular formula is C18H15BrClN3O. The Labute approximate surface area is 153 Å². The molecule has 0 aliphatic heterocycles. The second kappa shape index (κ2) is 6.79. The van der Waals surface area contributed by atoms with Crippen LogP contribution in [0, 0.1) is 13.8 Å². The van der Waals surface area contributed by atoms with Crippen molar-refractivity contribution in [3.63, 3.8) is 0 Å². The molecule has 2 aromatic carbocycles. The number of nitrogens with one attached hydrogen (secondary N) is 1. The lowest BCUT2D eigenvalue weighted by molar-refractivity contribution is 0.102. The number of rotatable bonds is 3. The molecule has 4 nitrogen and oxygen atoms in total. The summed E-state index contributed by atoms with van der Waals surface area (Å²) in [7, 11) is 0. The molecule has 24 heavy (non-hydrogen) atoms. The fourth-order valence-electron chi connectivity index (χ4n) is 2.43. The molecule has 3 rings (SSSR count). The molecule has 0 aliphatic rings. The minimum Gasteiger partial charge on any atom is -0.322 e. The maximum atomic E-state index is 12.6. The Bertz CT molecular complexity index is 903. The van der Waals surface area contributed by atoms with E-state index >= 15 is 0 Å². The van der Waals surface area contributed by atoms with Crippen LogP contribution in [0.15, 0.2) is 53.1 Å². The van der Waals surface area contributed by atoms with Crippen molar-refractivity contribution in [1.82, 2.24) is 9.78 Å². The molecular weight excluding hydrogens is 390 g/mol. The number of hydrogen-bond donors (Lipinski definition) is 1. The highest BCUT2D eigenvalue weighted by Gasteiger charge is 2.16. The number of amides is 1. The number of carbonyl (C=O) groups is 1. The lowest BCUT2D eigenvalue weighted by Gasteiger charge is -2.09. The Morgan fingerprint density at radius 1 is 1.17 bits per heavy atom. The van der Waals surface area contributed by atoms with E-state index in [1.54, 1.807) is 23.0 Å². The van der Waals surface area contributed by atoms with Crippen LogP contribution in [-0.4, -0.2) is 15.7 Å². The van der Waals surface area contributed by atoms with E-state index in [2.05, 4.69) is 26.3 Å². The third-order valence-electron chi connectivity index (χ3n) is 3.76. The molecule has 6 heteroatoms. The van der Waals surface area contributed by atoms with Crippen LogP contribution in [0.4, 0.5) is 5.69 Å². The van der Waals surface area contributed by atoms with Crippen molar-refractivity contribution in [1.29, 1.82) is 0 Å². The zero-order valence-corrected chi connectivity index (χ0v) is 15.5. The zero-order valence-electron chi connectivity index (χ0n) is 13.2. The quantitative estimate of drug-likeness (QED) is 0.655. The molecule has 1 N–H and O–H groups in total. The molecule has 0 unspecified atom stereocenters. The monoisotopic (exact) mass is 403 g/mol. The van der Waals surface area contributed by atoms with Crippen molar-refractivity contribution < 1.29 is 4.79 Å². The van der Waals surface area contributed by atoms with E-state index in [1.165, 1.54) is 0 Å². The predicted octanol–water partition coefficient (Wildman–Crippen LogP) is 5.16. The molecule has 0 radical (unpaired) electrons. The fourth-order valence-corrected chi connectivity index (χ4v) is 3.03. The number of halogens is 2. The van der Waals surface area contributed by atoms with Gasteiger partial charge in [0.25, 0.3) is 5.91 Å². The van der Waals surface area contributed by atoms with E-state index < -0.39 is 0 Å². The summed E-state index contributed by atoms with van der Waals surface area (Å²) in [5.74, 6) is -0.182. The van der Waals surface area contributed by atoms with Gasteiger partial charge in [-0.25, -0.2) is 4.68 Å². The number of aromatic nitrogens is 2. The van der Waals surface area contributed by atoms with Crippen molar-refractivity contribution >= 4 is 39.1 Å². The third-order valence-corrected chi connectivity index (χ3v) is 4.51. The first kappa shape index (κ1) is 16.7. The summed E-state index contributed by atoms with van der Waals surface area (Å²) >= 11 is 9.33. The van der Waals surface area contributed by atoms with Gasteiger partial charge in [-0.1, -0.05) is 27.5 Å². The van der Waals surface area contributed by atoms with E-state index in [0.29, 0.717) is 10.6 Å². The summed E-state index contributed by atoms with van der Waals surface area (Å²) in [6, 6.07) is 13.0. The van der Waals surface area contributed by atoms with Crippen LogP contribution in [0.5, 0.6) is 0 Å². The topological polar surface area (TPSA) is 46.9 Å². The SMILES string of the molecule is Cc1cc(Br)ccc1NC(=O)c1cnn(-c2ccc(Cl)cc2)c1C. The molecule has 0 atom stereocenters. The first-order chi connectivity index (χ1) is 11.5. The summed E-state index contributed by atoms with van der Waals surface area (Å²) in [6.45, 7) is 3.81. The maximum absolute atomic E-state index is 12.6. The van der Waals surface area contributed by atoms with Gasteiger partial charge < -0.3 is 5.32 Å². The normalized spacial score (nSPS) is 10.7. The highest BCUT2D eigenvalue weighted by atomic mass is 79.9. The minimum atomic E-state index is -0.182. The van der Waals surface area contributed by atoms with E-state index in [0.717, 1.165) is 27.1 Å². The van der Waals surface area contributed by atoms with Gasteiger partial charge in [0.15, 0.2) is 0 Å². The number of aryl methyl sites for hydroxylation is 1. The van der Waals surface area contributed by atoms with E-state index in [9.17, 15) is 4.79 Å². The highest BCUT2D eigenvalue weighted by molar-refractivity contribution is 9.10. The first-order valence-corrected chi connectivity index (χ1v) is 8.51. The van der Waals surface area contributed by atoms with Crippen molar-refractivity contribution in [3.05, 3.63) is 75.0 Å². The molecule has 3 aromatic rings. The Morgan fingerprint density at radius 2 is 1.88 bits per heavy atom. The molecule has 1 aromatic heterocycles. The summed E-state index contributed by atoms with van der Waals surface area (Å²) in [5.41, 5.74) is 3.93. The Morgan fingerprint density at radius 3 is 2.54 bits per heavy atom. The highest BCUT2D eigenvalue weighted by Crippen LogP contribution is 2.22. The van der Waals surface area contributed by atoms with Crippen molar-refractivity contribution in [2.24, 2.45) is 0 Å². The molecule has 0 spiro atoms. The average Bonchev–Trinajstić information content (AvgIpc) is 2.92. The second-order valence-electron chi connectivity index (χ2n) is 5.45. The van der Waals surface area contributed by atoms with Gasteiger partial charge in [-0.15, -0.1) is 0 Å². The standard InChI is InChI=1S/C18H15BrClN3O/c1-11-9-13(19)3-8-17(11)22-18(24)16-10-21-23(12(16)2)15-6-4-14(20)5-7-15/h3-10H,1-2H3,(H,22,24). The predicted molar refractivity (Wildman–Crippen MR) is 100 cm³/mol. The zero-order chi connectivity index (χ0) is 17.3. The van der Waals surface area contributed by atoms with Gasteiger partial charge in [0.1, 0.15) is 0 Å². The number of benzene rings is 2. The minimum absolute atomic E-state index is 0.182. The molecule has 0 saturated carbocycles. The van der Waals surface area contributed by atoms with Crippen LogP contribution in [0.2, 0.25) is 5.02 Å². The Kier molecular flexibility index (Phi) is 4.73. The van der Waals surface area contributed by atoms with Crippen LogP contribution in [-0.2, 0) is 0 Å². The first-order valence-electron chi connectivity index (χ1n) is 7.34. The van der Waals surface area contributed by atoms with Gasteiger partial charge in [0.2, 0.25) is 0 Å². The molecule has 122 valence electrons. The number of hydrogen-bond acceptors (Lipinski definition) is 2. The summed E-state index contributed by atoms with van der Waals surface area (Å²) < 4.78 is 2.70. The van der Waals surface area contributed by atoms with Crippen LogP contribution in [0.1, 0.15) is 21.6 Å². The largest absolute Gasteiger partial charge is 0.322 e. The lowest BCUT2D eigenvalue weighted by Crippen LogP contribution is -2.14. The molecule has 0 saturated heterocycles. The molecule has 0 bridgehead atoms. The van der Waals surface area contributed by atoms with E-state index in [-0.39, 0.29) is 5.91 Å². The number of nitrogens with zero attached hydrogens (tertiary/aromatic N) is 2. The molecule has 0 aliphatic carbocycles. The summed E-state index contributed by atoms with van der Waals surface area (Å²) in [6.07, 6.45) is 1.58. The molecule has 0 fully saturated rings. The van der Waals surface area contributed by atoms with Crippen LogP contribution in [0.25, 0.3) is 5.69 Å². The van der Waals surface area contributed by atoms with Crippen LogP contribution < -0.4 is 5.32 Å². The molecule has 1 heterocycles. The summed E-state index contributed by atoms with van der Waals surface area (Å²) in [5, 5.41) is 7.91. The van der Waals surface area contributed by atoms with Crippen molar-refractivity contribution in [3.8, 4) is 5.69 Å². The lowest BCUT2D eigenvalue weighted by atomic mass is 10.2. The molecule has 1 amide bonds. The second-order valence-corrected chi connectivity index (χ2v) is 6.80. The smallest absolute Gasteiger partial charge is 0.259 e. The average molecular weight is 405 g/mol. The third kappa shape index (κ3) is 3.37. The van der Waals surface area contributed by atoms with E-state index in [4.69, 9.17) is 11.6 Å². The van der Waals surface area contributed by atoms with Crippen LogP contribution in [0.3, 0.4) is 0 Å². The van der Waals surface area contributed by atoms with Gasteiger partial charge in [0.05, 0.1) is 23.1 Å². The van der Waals surface area contributed by atoms with Gasteiger partial charge in [-0.05, 0) is 61.9 Å².